The van der Waals surface area contributed by atoms with Gasteiger partial charge < -0.3 is 56.8 Å². The van der Waals surface area contributed by atoms with E-state index in [4.69, 9.17) is 56.8 Å². The average molecular weight is 629 g/mol. The van der Waals surface area contributed by atoms with Crippen molar-refractivity contribution in [1.82, 2.24) is 0 Å². The van der Waals surface area contributed by atoms with Gasteiger partial charge in [0.25, 0.3) is 0 Å². The number of fused-ring (bicyclic) bond motifs is 6. The summed E-state index contributed by atoms with van der Waals surface area (Å²) in [5, 5.41) is 0. The van der Waals surface area contributed by atoms with Crippen molar-refractivity contribution in [2.45, 2.75) is 166 Å². The normalized spacial score (nSPS) is 43.3. The van der Waals surface area contributed by atoms with Crippen molar-refractivity contribution in [2.24, 2.45) is 0 Å². The fourth-order valence-corrected chi connectivity index (χ4v) is 6.79. The summed E-state index contributed by atoms with van der Waals surface area (Å²) in [6.07, 6.45) is 4.45. The van der Waals surface area contributed by atoms with Crippen molar-refractivity contribution >= 4 is 0 Å². The van der Waals surface area contributed by atoms with Crippen molar-refractivity contribution in [3.63, 3.8) is 0 Å². The van der Waals surface area contributed by atoms with Crippen LogP contribution in [0, 0.1) is 0 Å². The van der Waals surface area contributed by atoms with Gasteiger partial charge in [0.2, 0.25) is 0 Å². The molecular formula is C32H52O12. The molecule has 12 heteroatoms. The first-order valence-corrected chi connectivity index (χ1v) is 16.2. The van der Waals surface area contributed by atoms with Gasteiger partial charge in [0.1, 0.15) is 48.8 Å². The summed E-state index contributed by atoms with van der Waals surface area (Å²) in [6, 6.07) is 0. The molecule has 12 nitrogen and oxygen atoms in total. The quantitative estimate of drug-likeness (QED) is 0.258. The van der Waals surface area contributed by atoms with Gasteiger partial charge in [-0.25, -0.2) is 0 Å². The third kappa shape index (κ3) is 7.53. The van der Waals surface area contributed by atoms with E-state index in [-0.39, 0.29) is 48.8 Å². The van der Waals surface area contributed by atoms with Crippen LogP contribution >= 0.6 is 0 Å². The summed E-state index contributed by atoms with van der Waals surface area (Å²) in [6.45, 7) is 17.2. The Hall–Kier alpha value is -0.740. The molecule has 6 aliphatic rings. The Bertz CT molecular complexity index is 935. The summed E-state index contributed by atoms with van der Waals surface area (Å²) in [7, 11) is 0. The van der Waals surface area contributed by atoms with Gasteiger partial charge in [-0.3, -0.25) is 0 Å². The van der Waals surface area contributed by atoms with Crippen LogP contribution in [0.25, 0.3) is 0 Å². The molecule has 6 fully saturated rings. The molecule has 0 spiro atoms. The maximum Gasteiger partial charge on any atom is 0.187 e. The van der Waals surface area contributed by atoms with Crippen LogP contribution < -0.4 is 0 Å². The molecule has 0 aromatic heterocycles. The highest BCUT2D eigenvalue weighted by atomic mass is 16.8. The van der Waals surface area contributed by atoms with E-state index in [1.54, 1.807) is 0 Å². The van der Waals surface area contributed by atoms with Crippen LogP contribution in [0.4, 0.5) is 0 Å². The highest BCUT2D eigenvalue weighted by Crippen LogP contribution is 2.43. The van der Waals surface area contributed by atoms with Gasteiger partial charge in [-0.1, -0.05) is 12.2 Å². The molecule has 0 amide bonds. The molecule has 44 heavy (non-hydrogen) atoms. The van der Waals surface area contributed by atoms with Crippen LogP contribution in [0.3, 0.4) is 0 Å². The topological polar surface area (TPSA) is 111 Å². The summed E-state index contributed by atoms with van der Waals surface area (Å²) < 4.78 is 73.6. The lowest BCUT2D eigenvalue weighted by atomic mass is 9.97. The number of ether oxygens (including phenoxy) is 12. The lowest BCUT2D eigenvalue weighted by Crippen LogP contribution is -2.63. The first-order chi connectivity index (χ1) is 20.7. The lowest BCUT2D eigenvalue weighted by molar-refractivity contribution is -0.370. The SMILES string of the molecule is CC1(C)O[C@@H]2[C@H](O1)[C@@H](OCCC/C=C/CCCO[C@H]1O[C@@H]3COC(C)(C)O[C@H]3[C@@H]3OC(C)(C)O[C@H]13)O[C@@H]1COC(C)(C)O[C@@H]21. The zero-order chi connectivity index (χ0) is 31.3. The Morgan fingerprint density at radius 3 is 1.27 bits per heavy atom. The van der Waals surface area contributed by atoms with Crippen LogP contribution in [0.5, 0.6) is 0 Å². The number of allylic oxidation sites excluding steroid dienone is 2. The summed E-state index contributed by atoms with van der Waals surface area (Å²) in [5.74, 6) is -2.85. The Morgan fingerprint density at radius 1 is 0.500 bits per heavy atom. The van der Waals surface area contributed by atoms with Crippen molar-refractivity contribution in [3.05, 3.63) is 12.2 Å². The second-order valence-electron chi connectivity index (χ2n) is 14.3. The molecule has 6 heterocycles. The zero-order valence-corrected chi connectivity index (χ0v) is 27.5. The van der Waals surface area contributed by atoms with Crippen molar-refractivity contribution in [1.29, 1.82) is 0 Å². The second kappa shape index (κ2) is 12.7. The molecule has 0 saturated carbocycles. The number of unbranched alkanes of at least 4 members (excludes halogenated alkanes) is 2. The van der Waals surface area contributed by atoms with E-state index in [1.165, 1.54) is 0 Å². The standard InChI is InChI=1S/C32H52O12/c1-29(2)35-17-19-21(39-29)23-25(43-31(5,6)41-23)27(37-19)33-15-13-11-9-10-12-14-16-34-28-26-24(42-32(7,8)44-26)22-20(38-28)18-36-30(3,4)40-22/h9-10,19-28H,11-18H2,1-8H3/b10-9+/t19-,20-,21-,22-,23+,24+,25+,26+,27+,28+/m1/s1. The molecule has 0 bridgehead atoms. The Morgan fingerprint density at radius 2 is 0.864 bits per heavy atom. The first-order valence-electron chi connectivity index (χ1n) is 16.2. The molecule has 10 atom stereocenters. The van der Waals surface area contributed by atoms with Gasteiger partial charge >= 0.3 is 0 Å². The fourth-order valence-electron chi connectivity index (χ4n) is 6.79. The van der Waals surface area contributed by atoms with E-state index in [1.807, 2.05) is 55.4 Å². The van der Waals surface area contributed by atoms with Gasteiger partial charge in [-0.05, 0) is 81.1 Å². The van der Waals surface area contributed by atoms with Crippen LogP contribution in [0.15, 0.2) is 12.2 Å². The third-order valence-electron chi connectivity index (χ3n) is 8.65. The van der Waals surface area contributed by atoms with Gasteiger partial charge in [-0.15, -0.1) is 0 Å². The van der Waals surface area contributed by atoms with Crippen LogP contribution in [-0.2, 0) is 56.8 Å². The number of hydrogen-bond donors (Lipinski definition) is 0. The van der Waals surface area contributed by atoms with E-state index in [9.17, 15) is 0 Å². The largest absolute Gasteiger partial charge is 0.350 e. The maximum atomic E-state index is 6.24. The van der Waals surface area contributed by atoms with Gasteiger partial charge in [0.05, 0.1) is 26.4 Å². The first kappa shape index (κ1) is 33.2. The minimum absolute atomic E-state index is 0.268. The molecule has 6 rings (SSSR count). The molecule has 0 aliphatic carbocycles. The van der Waals surface area contributed by atoms with E-state index >= 15 is 0 Å². The minimum atomic E-state index is -0.731. The van der Waals surface area contributed by atoms with Crippen molar-refractivity contribution < 1.29 is 56.8 Å². The molecular weight excluding hydrogens is 576 g/mol. The highest BCUT2D eigenvalue weighted by Gasteiger charge is 2.60. The third-order valence-corrected chi connectivity index (χ3v) is 8.65. The summed E-state index contributed by atoms with van der Waals surface area (Å²) in [5.41, 5.74) is 0. The molecule has 6 saturated heterocycles. The van der Waals surface area contributed by atoms with Gasteiger partial charge in [-0.2, -0.15) is 0 Å². The molecule has 0 radical (unpaired) electrons. The average Bonchev–Trinajstić information content (AvgIpc) is 3.44. The molecule has 0 aromatic carbocycles. The smallest absolute Gasteiger partial charge is 0.187 e. The second-order valence-corrected chi connectivity index (χ2v) is 14.3. The lowest BCUT2D eigenvalue weighted by Gasteiger charge is -2.48. The number of rotatable bonds is 10. The number of hydrogen-bond acceptors (Lipinski definition) is 12. The Kier molecular flexibility index (Phi) is 9.58. The predicted octanol–water partition coefficient (Wildman–Crippen LogP) is 3.93. The molecule has 0 aromatic rings. The monoisotopic (exact) mass is 628 g/mol. The zero-order valence-electron chi connectivity index (χ0n) is 27.5. The van der Waals surface area contributed by atoms with Crippen LogP contribution in [-0.4, -0.2) is 111 Å². The van der Waals surface area contributed by atoms with Crippen LogP contribution in [0.1, 0.15) is 81.1 Å². The fraction of sp³-hybridized carbons (Fsp3) is 0.938. The van der Waals surface area contributed by atoms with E-state index in [0.29, 0.717) is 26.4 Å². The summed E-state index contributed by atoms with van der Waals surface area (Å²) in [4.78, 5) is 0. The molecule has 6 aliphatic heterocycles. The van der Waals surface area contributed by atoms with E-state index in [0.717, 1.165) is 25.7 Å². The molecule has 252 valence electrons. The van der Waals surface area contributed by atoms with E-state index < -0.39 is 35.7 Å². The van der Waals surface area contributed by atoms with Gasteiger partial charge in [0, 0.05) is 0 Å². The Labute approximate surface area is 261 Å². The molecule has 0 unspecified atom stereocenters. The maximum absolute atomic E-state index is 6.24. The Balaban J connectivity index is 0.894. The van der Waals surface area contributed by atoms with Crippen LogP contribution in [0.2, 0.25) is 0 Å². The van der Waals surface area contributed by atoms with Crippen molar-refractivity contribution in [3.8, 4) is 0 Å². The predicted molar refractivity (Wildman–Crippen MR) is 154 cm³/mol. The highest BCUT2D eigenvalue weighted by molar-refractivity contribution is 5.00. The summed E-state index contributed by atoms with van der Waals surface area (Å²) >= 11 is 0. The van der Waals surface area contributed by atoms with Gasteiger partial charge in [0.15, 0.2) is 35.7 Å². The van der Waals surface area contributed by atoms with Crippen molar-refractivity contribution in [2.75, 3.05) is 26.4 Å². The minimum Gasteiger partial charge on any atom is -0.350 e. The molecule has 0 N–H and O–H groups in total. The van der Waals surface area contributed by atoms with E-state index in [2.05, 4.69) is 12.2 Å².